The summed E-state index contributed by atoms with van der Waals surface area (Å²) in [5.41, 5.74) is 0.973. The van der Waals surface area contributed by atoms with Crippen LogP contribution in [0.5, 0.6) is 0 Å². The monoisotopic (exact) mass is 353 g/mol. The van der Waals surface area contributed by atoms with Crippen LogP contribution in [0.15, 0.2) is 30.6 Å². The molecule has 4 rings (SSSR count). The van der Waals surface area contributed by atoms with Gasteiger partial charge in [0.1, 0.15) is 10.6 Å². The zero-order valence-electron chi connectivity index (χ0n) is 14.8. The van der Waals surface area contributed by atoms with E-state index in [2.05, 4.69) is 34.7 Å². The minimum Gasteiger partial charge on any atom is -0.353 e. The molecule has 0 saturated carbocycles. The van der Waals surface area contributed by atoms with Gasteiger partial charge in [-0.15, -0.1) is 11.3 Å². The van der Waals surface area contributed by atoms with Gasteiger partial charge in [-0.1, -0.05) is 6.92 Å². The van der Waals surface area contributed by atoms with Crippen molar-refractivity contribution in [1.82, 2.24) is 19.9 Å². The lowest BCUT2D eigenvalue weighted by molar-refractivity contribution is 0.258. The van der Waals surface area contributed by atoms with Crippen LogP contribution in [0.3, 0.4) is 0 Å². The average Bonchev–Trinajstić information content (AvgIpc) is 3.03. The van der Waals surface area contributed by atoms with Gasteiger partial charge < -0.3 is 4.90 Å². The molecule has 1 aliphatic heterocycles. The van der Waals surface area contributed by atoms with Gasteiger partial charge in [-0.2, -0.15) is 0 Å². The summed E-state index contributed by atoms with van der Waals surface area (Å²) in [5.74, 6) is 1.85. The summed E-state index contributed by atoms with van der Waals surface area (Å²) >= 11 is 1.74. The van der Waals surface area contributed by atoms with Gasteiger partial charge in [0.05, 0.1) is 5.39 Å². The number of nitrogens with zero attached hydrogens (tertiary/aromatic N) is 5. The summed E-state index contributed by atoms with van der Waals surface area (Å²) < 4.78 is 0. The first-order valence-electron chi connectivity index (χ1n) is 8.90. The third-order valence-corrected chi connectivity index (χ3v) is 5.57. The van der Waals surface area contributed by atoms with E-state index in [0.717, 1.165) is 48.2 Å². The molecule has 5 nitrogen and oxygen atoms in total. The molecular formula is C19H23N5S. The molecule has 0 spiro atoms. The van der Waals surface area contributed by atoms with Gasteiger partial charge in [0.2, 0.25) is 0 Å². The molecule has 6 heteroatoms. The van der Waals surface area contributed by atoms with Crippen LogP contribution in [0.2, 0.25) is 0 Å². The Balaban J connectivity index is 1.72. The number of anilines is 1. The Hall–Kier alpha value is -2.05. The molecule has 3 aromatic rings. The van der Waals surface area contributed by atoms with Crippen LogP contribution in [0, 0.1) is 6.92 Å². The van der Waals surface area contributed by atoms with Crippen LogP contribution in [0.4, 0.5) is 5.82 Å². The maximum Gasteiger partial charge on any atom is 0.164 e. The van der Waals surface area contributed by atoms with Crippen LogP contribution in [-0.2, 0) is 0 Å². The molecule has 0 bridgehead atoms. The van der Waals surface area contributed by atoms with Crippen molar-refractivity contribution in [2.24, 2.45) is 0 Å². The van der Waals surface area contributed by atoms with Crippen LogP contribution < -0.4 is 4.90 Å². The Morgan fingerprint density at radius 2 is 2.00 bits per heavy atom. The maximum absolute atomic E-state index is 4.94. The van der Waals surface area contributed by atoms with Crippen molar-refractivity contribution in [3.63, 3.8) is 0 Å². The summed E-state index contributed by atoms with van der Waals surface area (Å²) in [6.45, 7) is 9.82. The first-order valence-corrected chi connectivity index (χ1v) is 9.72. The van der Waals surface area contributed by atoms with Crippen molar-refractivity contribution in [2.45, 2.75) is 20.3 Å². The van der Waals surface area contributed by atoms with Gasteiger partial charge in [0, 0.05) is 49.0 Å². The number of aromatic nitrogens is 3. The second-order valence-corrected chi connectivity index (χ2v) is 7.75. The highest BCUT2D eigenvalue weighted by atomic mass is 32.1. The molecule has 0 aliphatic carbocycles. The van der Waals surface area contributed by atoms with Crippen molar-refractivity contribution >= 4 is 27.4 Å². The molecule has 0 unspecified atom stereocenters. The average molecular weight is 353 g/mol. The van der Waals surface area contributed by atoms with Crippen molar-refractivity contribution in [3.05, 3.63) is 35.5 Å². The van der Waals surface area contributed by atoms with Crippen LogP contribution >= 0.6 is 11.3 Å². The predicted molar refractivity (Wildman–Crippen MR) is 104 cm³/mol. The number of rotatable bonds is 4. The van der Waals surface area contributed by atoms with Crippen LogP contribution in [-0.4, -0.2) is 52.6 Å². The molecule has 0 N–H and O–H groups in total. The fraction of sp³-hybridized carbons (Fsp3) is 0.421. The van der Waals surface area contributed by atoms with E-state index in [1.54, 1.807) is 17.5 Å². The van der Waals surface area contributed by atoms with Crippen molar-refractivity contribution in [2.75, 3.05) is 37.6 Å². The second kappa shape index (κ2) is 7.06. The fourth-order valence-electron chi connectivity index (χ4n) is 3.39. The summed E-state index contributed by atoms with van der Waals surface area (Å²) in [5, 5.41) is 1.18. The zero-order chi connectivity index (χ0) is 17.2. The van der Waals surface area contributed by atoms with Crippen LogP contribution in [0.1, 0.15) is 18.2 Å². The largest absolute Gasteiger partial charge is 0.353 e. The standard InChI is InChI=1S/C19H23N5S/c1-3-7-23-8-10-24(11-9-23)18-16-12-14(2)25-19(16)22-17(21-18)15-5-4-6-20-13-15/h4-6,12-13H,3,7-11H2,1-2H3. The number of hydrogen-bond acceptors (Lipinski definition) is 6. The zero-order valence-corrected chi connectivity index (χ0v) is 15.6. The lowest BCUT2D eigenvalue weighted by Gasteiger charge is -2.35. The van der Waals surface area contributed by atoms with E-state index < -0.39 is 0 Å². The predicted octanol–water partition coefficient (Wildman–Crippen LogP) is 3.59. The molecule has 4 heterocycles. The molecule has 0 atom stereocenters. The van der Waals surface area contributed by atoms with E-state index in [0.29, 0.717) is 0 Å². The molecular weight excluding hydrogens is 330 g/mol. The van der Waals surface area contributed by atoms with E-state index in [9.17, 15) is 0 Å². The minimum absolute atomic E-state index is 0.772. The smallest absolute Gasteiger partial charge is 0.164 e. The quantitative estimate of drug-likeness (QED) is 0.717. The van der Waals surface area contributed by atoms with E-state index in [-0.39, 0.29) is 0 Å². The highest BCUT2D eigenvalue weighted by molar-refractivity contribution is 7.18. The van der Waals surface area contributed by atoms with E-state index >= 15 is 0 Å². The molecule has 25 heavy (non-hydrogen) atoms. The van der Waals surface area contributed by atoms with E-state index in [1.807, 2.05) is 18.3 Å². The third-order valence-electron chi connectivity index (χ3n) is 4.63. The fourth-order valence-corrected chi connectivity index (χ4v) is 4.27. The van der Waals surface area contributed by atoms with Gasteiger partial charge >= 0.3 is 0 Å². The topological polar surface area (TPSA) is 45.2 Å². The molecule has 1 fully saturated rings. The van der Waals surface area contributed by atoms with E-state index in [1.165, 1.54) is 23.2 Å². The number of hydrogen-bond donors (Lipinski definition) is 0. The highest BCUT2D eigenvalue weighted by Gasteiger charge is 2.21. The molecule has 1 aliphatic rings. The SMILES string of the molecule is CCCN1CCN(c2nc(-c3cccnc3)nc3sc(C)cc23)CC1. The van der Waals surface area contributed by atoms with Crippen LogP contribution in [0.25, 0.3) is 21.6 Å². The highest BCUT2D eigenvalue weighted by Crippen LogP contribution is 2.33. The lowest BCUT2D eigenvalue weighted by Crippen LogP contribution is -2.46. The first-order chi connectivity index (χ1) is 12.2. The van der Waals surface area contributed by atoms with Gasteiger partial charge in [0.25, 0.3) is 0 Å². The second-order valence-electron chi connectivity index (χ2n) is 6.52. The summed E-state index contributed by atoms with van der Waals surface area (Å²) in [6, 6.07) is 6.18. The van der Waals surface area contributed by atoms with Crippen molar-refractivity contribution < 1.29 is 0 Å². The number of piperazine rings is 1. The van der Waals surface area contributed by atoms with Gasteiger partial charge in [-0.3, -0.25) is 9.88 Å². The lowest BCUT2D eigenvalue weighted by atomic mass is 10.2. The molecule has 0 aromatic carbocycles. The normalized spacial score (nSPS) is 15.8. The molecule has 130 valence electrons. The Bertz CT molecular complexity index is 853. The van der Waals surface area contributed by atoms with E-state index in [4.69, 9.17) is 9.97 Å². The third kappa shape index (κ3) is 3.37. The maximum atomic E-state index is 4.94. The Morgan fingerprint density at radius 3 is 2.72 bits per heavy atom. The summed E-state index contributed by atoms with van der Waals surface area (Å²) in [6.07, 6.45) is 4.84. The molecule has 1 saturated heterocycles. The van der Waals surface area contributed by atoms with Crippen molar-refractivity contribution in [3.8, 4) is 11.4 Å². The molecule has 0 radical (unpaired) electrons. The first kappa shape index (κ1) is 16.4. The van der Waals surface area contributed by atoms with Gasteiger partial charge in [-0.05, 0) is 38.1 Å². The van der Waals surface area contributed by atoms with Gasteiger partial charge in [-0.25, -0.2) is 9.97 Å². The number of fused-ring (bicyclic) bond motifs is 1. The molecule has 0 amide bonds. The Labute approximate surface area is 152 Å². The Kier molecular flexibility index (Phi) is 4.63. The number of pyridine rings is 1. The summed E-state index contributed by atoms with van der Waals surface area (Å²) in [4.78, 5) is 21.3. The number of aryl methyl sites for hydroxylation is 1. The molecule has 3 aromatic heterocycles. The minimum atomic E-state index is 0.772. The van der Waals surface area contributed by atoms with Crippen molar-refractivity contribution in [1.29, 1.82) is 0 Å². The Morgan fingerprint density at radius 1 is 1.16 bits per heavy atom. The van der Waals surface area contributed by atoms with Gasteiger partial charge in [0.15, 0.2) is 5.82 Å². The summed E-state index contributed by atoms with van der Waals surface area (Å²) in [7, 11) is 0. The number of thiophene rings is 1.